The van der Waals surface area contributed by atoms with E-state index in [2.05, 4.69) is 39.9 Å². The number of hydrogen-bond donors (Lipinski definition) is 4. The molecule has 12 heteroatoms. The molecule has 0 unspecified atom stereocenters. The fourth-order valence-electron chi connectivity index (χ4n) is 4.21. The van der Waals surface area contributed by atoms with Gasteiger partial charge >= 0.3 is 12.1 Å². The number of carbonyl (C=O) groups excluding carboxylic acids is 3. The number of H-pyrrole nitrogens is 1. The highest BCUT2D eigenvalue weighted by Crippen LogP contribution is 2.43. The lowest BCUT2D eigenvalue weighted by atomic mass is 10.0. The maximum Gasteiger partial charge on any atom is 0.410 e. The lowest BCUT2D eigenvalue weighted by molar-refractivity contribution is 0.0736. The molecule has 11 nitrogen and oxygen atoms in total. The molecule has 0 aliphatic carbocycles. The summed E-state index contributed by atoms with van der Waals surface area (Å²) >= 11 is 1.24. The van der Waals surface area contributed by atoms with Crippen LogP contribution in [-0.4, -0.2) is 44.9 Å². The molecular formula is C25H25N7O4S. The van der Waals surface area contributed by atoms with Gasteiger partial charge < -0.3 is 20.7 Å². The number of carbonyl (C=O) groups is 3. The van der Waals surface area contributed by atoms with E-state index in [-0.39, 0.29) is 11.7 Å². The zero-order valence-corrected chi connectivity index (χ0v) is 21.0. The van der Waals surface area contributed by atoms with Gasteiger partial charge in [-0.3, -0.25) is 10.1 Å². The van der Waals surface area contributed by atoms with Crippen LogP contribution in [0, 0.1) is 0 Å². The van der Waals surface area contributed by atoms with E-state index < -0.39 is 12.1 Å². The van der Waals surface area contributed by atoms with E-state index in [1.807, 2.05) is 24.3 Å². The van der Waals surface area contributed by atoms with Crippen LogP contribution in [-0.2, 0) is 13.0 Å². The fraction of sp³-hybridized carbons (Fsp3) is 0.240. The number of nitrogens with two attached hydrogens (primary N) is 1. The van der Waals surface area contributed by atoms with E-state index >= 15 is 0 Å². The minimum Gasteiger partial charge on any atom is -0.407 e. The van der Waals surface area contributed by atoms with Crippen LogP contribution in [0.25, 0.3) is 11.0 Å². The van der Waals surface area contributed by atoms with Gasteiger partial charge in [0.15, 0.2) is 5.75 Å². The summed E-state index contributed by atoms with van der Waals surface area (Å²) in [4.78, 5) is 40.0. The van der Waals surface area contributed by atoms with Gasteiger partial charge in [-0.1, -0.05) is 26.0 Å². The third-order valence-electron chi connectivity index (χ3n) is 6.12. The number of amides is 4. The lowest BCUT2D eigenvalue weighted by Gasteiger charge is -2.27. The second kappa shape index (κ2) is 9.90. The van der Waals surface area contributed by atoms with Gasteiger partial charge in [-0.05, 0) is 48.2 Å². The predicted octanol–water partition coefficient (Wildman–Crippen LogP) is 4.44. The van der Waals surface area contributed by atoms with Gasteiger partial charge in [-0.2, -0.15) is 15.4 Å². The highest BCUT2D eigenvalue weighted by atomic mass is 32.1. The molecule has 3 heterocycles. The van der Waals surface area contributed by atoms with Crippen LogP contribution in [0.3, 0.4) is 0 Å². The van der Waals surface area contributed by atoms with Crippen LogP contribution in [0.1, 0.15) is 46.1 Å². The first kappa shape index (κ1) is 24.3. The summed E-state index contributed by atoms with van der Waals surface area (Å²) in [6.07, 6.45) is -0.542. The first-order valence-corrected chi connectivity index (χ1v) is 12.5. The Morgan fingerprint density at radius 1 is 1.08 bits per heavy atom. The molecule has 2 aromatic heterocycles. The molecule has 5 rings (SSSR count). The van der Waals surface area contributed by atoms with Gasteiger partial charge in [0.05, 0.1) is 6.54 Å². The number of thiophene rings is 1. The topological polar surface area (TPSA) is 155 Å². The number of aromatic amines is 1. The third-order valence-corrected chi connectivity index (χ3v) is 7.24. The Morgan fingerprint density at radius 3 is 2.57 bits per heavy atom. The summed E-state index contributed by atoms with van der Waals surface area (Å²) in [6.45, 7) is 4.89. The molecule has 1 aliphatic heterocycles. The second-order valence-electron chi connectivity index (χ2n) is 8.94. The molecule has 0 bridgehead atoms. The van der Waals surface area contributed by atoms with Gasteiger partial charge in [0.1, 0.15) is 16.0 Å². The van der Waals surface area contributed by atoms with Crippen LogP contribution in [0.15, 0.2) is 42.5 Å². The molecule has 2 aromatic carbocycles. The number of nitrogens with zero attached hydrogens (tertiary/aromatic N) is 3. The zero-order chi connectivity index (χ0) is 26.1. The largest absolute Gasteiger partial charge is 0.410 e. The highest BCUT2D eigenvalue weighted by Gasteiger charge is 2.30. The highest BCUT2D eigenvalue weighted by molar-refractivity contribution is 7.17. The fourth-order valence-corrected chi connectivity index (χ4v) is 5.40. The van der Waals surface area contributed by atoms with Crippen LogP contribution in [0.4, 0.5) is 20.3 Å². The normalized spacial score (nSPS) is 12.9. The van der Waals surface area contributed by atoms with E-state index in [9.17, 15) is 14.4 Å². The summed E-state index contributed by atoms with van der Waals surface area (Å²) in [5.41, 5.74) is 9.61. The minimum absolute atomic E-state index is 0.154. The average Bonchev–Trinajstić information content (AvgIpc) is 3.47. The molecular weight excluding hydrogens is 494 g/mol. The second-order valence-corrected chi connectivity index (χ2v) is 10.0. The molecule has 0 radical (unpaired) electrons. The van der Waals surface area contributed by atoms with Crippen molar-refractivity contribution in [1.82, 2.24) is 20.3 Å². The number of benzene rings is 2. The Balaban J connectivity index is 1.34. The van der Waals surface area contributed by atoms with Crippen molar-refractivity contribution in [1.29, 1.82) is 0 Å². The number of ether oxygens (including phenoxy) is 1. The van der Waals surface area contributed by atoms with Gasteiger partial charge in [0, 0.05) is 28.2 Å². The molecule has 5 N–H and O–H groups in total. The van der Waals surface area contributed by atoms with Crippen LogP contribution in [0.2, 0.25) is 0 Å². The van der Waals surface area contributed by atoms with Crippen molar-refractivity contribution >= 4 is 51.1 Å². The van der Waals surface area contributed by atoms with Crippen molar-refractivity contribution in [3.05, 3.63) is 64.0 Å². The van der Waals surface area contributed by atoms with Crippen molar-refractivity contribution in [2.45, 2.75) is 32.7 Å². The Kier molecular flexibility index (Phi) is 6.49. The Labute approximate surface area is 216 Å². The molecule has 1 aliphatic rings. The number of rotatable bonds is 5. The van der Waals surface area contributed by atoms with Crippen molar-refractivity contribution in [2.24, 2.45) is 5.73 Å². The molecule has 190 valence electrons. The third kappa shape index (κ3) is 5.09. The number of hydrogen-bond acceptors (Lipinski definition) is 7. The number of urea groups is 1. The Morgan fingerprint density at radius 2 is 1.84 bits per heavy atom. The number of aromatic nitrogens is 3. The molecule has 0 saturated carbocycles. The maximum atomic E-state index is 13.2. The quantitative estimate of drug-likeness (QED) is 0.305. The van der Waals surface area contributed by atoms with E-state index in [0.29, 0.717) is 52.7 Å². The van der Waals surface area contributed by atoms with E-state index in [1.54, 1.807) is 23.1 Å². The minimum atomic E-state index is -0.979. The predicted molar refractivity (Wildman–Crippen MR) is 140 cm³/mol. The van der Waals surface area contributed by atoms with Gasteiger partial charge in [0.2, 0.25) is 0 Å². The molecule has 4 aromatic rings. The van der Waals surface area contributed by atoms with Gasteiger partial charge in [-0.25, -0.2) is 9.59 Å². The summed E-state index contributed by atoms with van der Waals surface area (Å²) in [5, 5.41) is 16.5. The summed E-state index contributed by atoms with van der Waals surface area (Å²) < 4.78 is 5.28. The van der Waals surface area contributed by atoms with E-state index in [4.69, 9.17) is 10.5 Å². The number of nitrogens with one attached hydrogen (secondary N) is 3. The van der Waals surface area contributed by atoms with Crippen LogP contribution < -0.4 is 21.1 Å². The standard InChI is InChI=1S/C25H25N7O4S/c1-13(2)14-3-6-16(7-4-14)27-25(35)28-22-21(36-24(26)34)17-9-10-32(12-20(17)37-22)23(33)15-5-8-18-19(11-15)30-31-29-18/h3-8,11,13H,9-10,12H2,1-2H3,(H2,26,34)(H2,27,28,35)(H,29,30,31). The molecule has 4 amide bonds. The lowest BCUT2D eigenvalue weighted by Crippen LogP contribution is -2.35. The van der Waals surface area contributed by atoms with E-state index in [1.165, 1.54) is 11.3 Å². The Hall–Kier alpha value is -4.45. The monoisotopic (exact) mass is 519 g/mol. The summed E-state index contributed by atoms with van der Waals surface area (Å²) in [5.74, 6) is 0.442. The molecule has 0 atom stereocenters. The molecule has 37 heavy (non-hydrogen) atoms. The van der Waals surface area contributed by atoms with E-state index in [0.717, 1.165) is 16.0 Å². The van der Waals surface area contributed by atoms with Crippen molar-refractivity contribution in [2.75, 3.05) is 17.2 Å². The van der Waals surface area contributed by atoms with Crippen LogP contribution >= 0.6 is 11.3 Å². The average molecular weight is 520 g/mol. The first-order chi connectivity index (χ1) is 17.8. The Bertz CT molecular complexity index is 1490. The van der Waals surface area contributed by atoms with Gasteiger partial charge in [0.25, 0.3) is 5.91 Å². The summed E-state index contributed by atoms with van der Waals surface area (Å²) in [6, 6.07) is 12.2. The molecule has 0 spiro atoms. The van der Waals surface area contributed by atoms with Crippen molar-refractivity contribution in [3.8, 4) is 5.75 Å². The SMILES string of the molecule is CC(C)c1ccc(NC(=O)Nc2sc3c(c2OC(N)=O)CCN(C(=O)c2ccc4n[nH]nc4c2)C3)cc1. The number of anilines is 2. The summed E-state index contributed by atoms with van der Waals surface area (Å²) in [7, 11) is 0. The number of fused-ring (bicyclic) bond motifs is 2. The van der Waals surface area contributed by atoms with Crippen molar-refractivity contribution in [3.63, 3.8) is 0 Å². The molecule has 0 saturated heterocycles. The molecule has 0 fully saturated rings. The smallest absolute Gasteiger partial charge is 0.407 e. The number of primary amides is 1. The van der Waals surface area contributed by atoms with Crippen molar-refractivity contribution < 1.29 is 19.1 Å². The van der Waals surface area contributed by atoms with Crippen LogP contribution in [0.5, 0.6) is 5.75 Å². The van der Waals surface area contributed by atoms with Gasteiger partial charge in [-0.15, -0.1) is 11.3 Å². The zero-order valence-electron chi connectivity index (χ0n) is 20.2. The first-order valence-electron chi connectivity index (χ1n) is 11.7. The maximum absolute atomic E-state index is 13.2.